The van der Waals surface area contributed by atoms with Crippen LogP contribution in [0.25, 0.3) is 11.4 Å². The molecule has 37 heavy (non-hydrogen) atoms. The summed E-state index contributed by atoms with van der Waals surface area (Å²) in [5.74, 6) is 1.36. The van der Waals surface area contributed by atoms with E-state index in [0.717, 1.165) is 44.1 Å². The molecular formula is C30H37Cl3N4. The van der Waals surface area contributed by atoms with Crippen LogP contribution in [-0.2, 0) is 0 Å². The molecule has 198 valence electrons. The average Bonchev–Trinajstić information content (AvgIpc) is 3.30. The average molecular weight is 560 g/mol. The van der Waals surface area contributed by atoms with Crippen LogP contribution < -0.4 is 0 Å². The Morgan fingerprint density at radius 3 is 1.73 bits per heavy atom. The molecule has 1 aliphatic rings. The molecule has 0 bridgehead atoms. The third-order valence-electron chi connectivity index (χ3n) is 7.16. The van der Waals surface area contributed by atoms with Crippen LogP contribution >= 0.6 is 37.2 Å². The molecule has 1 unspecified atom stereocenters. The third kappa shape index (κ3) is 7.37. The van der Waals surface area contributed by atoms with Crippen LogP contribution in [0, 0.1) is 6.92 Å². The van der Waals surface area contributed by atoms with Gasteiger partial charge in [-0.05, 0) is 25.0 Å². The minimum absolute atomic E-state index is 0. The second-order valence-corrected chi connectivity index (χ2v) is 9.35. The van der Waals surface area contributed by atoms with Gasteiger partial charge >= 0.3 is 0 Å². The van der Waals surface area contributed by atoms with Crippen molar-refractivity contribution in [3.05, 3.63) is 114 Å². The molecule has 1 aromatic heterocycles. The van der Waals surface area contributed by atoms with E-state index in [1.807, 2.05) is 6.07 Å². The van der Waals surface area contributed by atoms with Gasteiger partial charge in [0, 0.05) is 49.9 Å². The van der Waals surface area contributed by atoms with Crippen LogP contribution in [0.3, 0.4) is 0 Å². The highest BCUT2D eigenvalue weighted by Crippen LogP contribution is 2.29. The van der Waals surface area contributed by atoms with Gasteiger partial charge in [-0.1, -0.05) is 91.0 Å². The Kier molecular flexibility index (Phi) is 12.2. The number of hydrogen-bond acceptors (Lipinski definition) is 3. The third-order valence-corrected chi connectivity index (χ3v) is 7.16. The quantitative estimate of drug-likeness (QED) is 0.261. The summed E-state index contributed by atoms with van der Waals surface area (Å²) < 4.78 is 0. The summed E-state index contributed by atoms with van der Waals surface area (Å²) in [4.78, 5) is 13.7. The van der Waals surface area contributed by atoms with Crippen molar-refractivity contribution in [3.63, 3.8) is 0 Å². The maximum atomic E-state index is 4.99. The van der Waals surface area contributed by atoms with Gasteiger partial charge in [0.15, 0.2) is 0 Å². The standard InChI is InChI=1S/C30H34N4.3ClH/c1-23-29(32-30(31-23)27-16-10-5-11-17-27)24(2)34-20-18-33(19-21-34)22-28(25-12-6-3-7-13-25)26-14-8-4-9-15-26;;;/h3-17,24,28H,18-22H2,1-2H3,(H,31,32);3*1H. The first kappa shape index (κ1) is 30.9. The van der Waals surface area contributed by atoms with Gasteiger partial charge in [0.05, 0.1) is 11.7 Å². The van der Waals surface area contributed by atoms with E-state index in [1.54, 1.807) is 0 Å². The minimum atomic E-state index is 0. The molecule has 3 aromatic carbocycles. The van der Waals surface area contributed by atoms with Crippen molar-refractivity contribution in [2.75, 3.05) is 32.7 Å². The zero-order chi connectivity index (χ0) is 23.3. The Bertz CT molecular complexity index is 1140. The fraction of sp³-hybridized carbons (Fsp3) is 0.300. The Balaban J connectivity index is 0.00000160. The number of halogens is 3. The zero-order valence-electron chi connectivity index (χ0n) is 21.4. The van der Waals surface area contributed by atoms with E-state index in [2.05, 4.69) is 114 Å². The molecule has 0 saturated carbocycles. The second kappa shape index (κ2) is 14.6. The topological polar surface area (TPSA) is 35.2 Å². The molecule has 1 aliphatic heterocycles. The number of hydrogen-bond donors (Lipinski definition) is 1. The van der Waals surface area contributed by atoms with E-state index in [9.17, 15) is 0 Å². The molecule has 1 N–H and O–H groups in total. The summed E-state index contributed by atoms with van der Waals surface area (Å²) in [6.45, 7) is 9.77. The number of nitrogens with one attached hydrogen (secondary N) is 1. The van der Waals surface area contributed by atoms with E-state index in [-0.39, 0.29) is 37.2 Å². The van der Waals surface area contributed by atoms with Gasteiger partial charge in [-0.2, -0.15) is 0 Å². The number of H-pyrrole nitrogens is 1. The van der Waals surface area contributed by atoms with Crippen molar-refractivity contribution in [2.24, 2.45) is 0 Å². The number of nitrogens with zero attached hydrogens (tertiary/aromatic N) is 3. The first-order valence-electron chi connectivity index (χ1n) is 12.4. The lowest BCUT2D eigenvalue weighted by Gasteiger charge is -2.39. The maximum absolute atomic E-state index is 4.99. The monoisotopic (exact) mass is 558 g/mol. The largest absolute Gasteiger partial charge is 0.342 e. The Morgan fingerprint density at radius 1 is 0.730 bits per heavy atom. The van der Waals surface area contributed by atoms with Gasteiger partial charge in [0.1, 0.15) is 5.82 Å². The van der Waals surface area contributed by atoms with Crippen molar-refractivity contribution >= 4 is 37.2 Å². The lowest BCUT2D eigenvalue weighted by atomic mass is 9.90. The van der Waals surface area contributed by atoms with E-state index in [1.165, 1.54) is 22.5 Å². The number of aromatic nitrogens is 2. The molecule has 7 heteroatoms. The molecule has 0 radical (unpaired) electrons. The lowest BCUT2D eigenvalue weighted by molar-refractivity contribution is 0.0986. The fourth-order valence-electron chi connectivity index (χ4n) is 5.15. The summed E-state index contributed by atoms with van der Waals surface area (Å²) in [6.07, 6.45) is 0. The molecule has 4 aromatic rings. The van der Waals surface area contributed by atoms with Crippen LogP contribution in [0.5, 0.6) is 0 Å². The summed E-state index contributed by atoms with van der Waals surface area (Å²) >= 11 is 0. The van der Waals surface area contributed by atoms with Crippen LogP contribution in [0.15, 0.2) is 91.0 Å². The molecule has 0 spiro atoms. The first-order chi connectivity index (χ1) is 16.7. The summed E-state index contributed by atoms with van der Waals surface area (Å²) in [5, 5.41) is 0. The SMILES string of the molecule is Cc1[nH]c(-c2ccccc2)nc1C(C)N1CCN(CC(c2ccccc2)c2ccccc2)CC1.Cl.Cl.Cl. The van der Waals surface area contributed by atoms with Crippen molar-refractivity contribution < 1.29 is 0 Å². The zero-order valence-corrected chi connectivity index (χ0v) is 23.9. The van der Waals surface area contributed by atoms with Crippen LogP contribution in [0.2, 0.25) is 0 Å². The number of aromatic amines is 1. The van der Waals surface area contributed by atoms with Crippen LogP contribution in [-0.4, -0.2) is 52.5 Å². The van der Waals surface area contributed by atoms with Crippen molar-refractivity contribution in [3.8, 4) is 11.4 Å². The van der Waals surface area contributed by atoms with E-state index in [0.29, 0.717) is 12.0 Å². The molecule has 5 rings (SSSR count). The van der Waals surface area contributed by atoms with Gasteiger partial charge in [-0.15, -0.1) is 37.2 Å². The van der Waals surface area contributed by atoms with Crippen molar-refractivity contribution in [1.29, 1.82) is 0 Å². The van der Waals surface area contributed by atoms with Gasteiger partial charge in [0.2, 0.25) is 0 Å². The summed E-state index contributed by atoms with van der Waals surface area (Å²) in [5.41, 5.74) is 6.26. The first-order valence-corrected chi connectivity index (χ1v) is 12.4. The second-order valence-electron chi connectivity index (χ2n) is 9.35. The number of piperazine rings is 1. The van der Waals surface area contributed by atoms with Crippen LogP contribution in [0.1, 0.15) is 41.4 Å². The Labute approximate surface area is 239 Å². The van der Waals surface area contributed by atoms with Gasteiger partial charge < -0.3 is 4.98 Å². The van der Waals surface area contributed by atoms with Gasteiger partial charge in [0.25, 0.3) is 0 Å². The highest BCUT2D eigenvalue weighted by Gasteiger charge is 2.27. The fourth-order valence-corrected chi connectivity index (χ4v) is 5.15. The number of aryl methyl sites for hydroxylation is 1. The molecule has 1 fully saturated rings. The minimum Gasteiger partial charge on any atom is -0.342 e. The highest BCUT2D eigenvalue weighted by atomic mass is 35.5. The number of imidazole rings is 1. The molecule has 1 atom stereocenters. The van der Waals surface area contributed by atoms with E-state index >= 15 is 0 Å². The van der Waals surface area contributed by atoms with E-state index in [4.69, 9.17) is 4.98 Å². The number of benzene rings is 3. The molecule has 2 heterocycles. The van der Waals surface area contributed by atoms with Crippen molar-refractivity contribution in [2.45, 2.75) is 25.8 Å². The molecule has 1 saturated heterocycles. The van der Waals surface area contributed by atoms with E-state index < -0.39 is 0 Å². The van der Waals surface area contributed by atoms with Crippen molar-refractivity contribution in [1.82, 2.24) is 19.8 Å². The summed E-state index contributed by atoms with van der Waals surface area (Å²) in [7, 11) is 0. The Morgan fingerprint density at radius 2 is 1.22 bits per heavy atom. The normalized spacial score (nSPS) is 14.8. The van der Waals surface area contributed by atoms with Gasteiger partial charge in [-0.25, -0.2) is 4.98 Å². The lowest BCUT2D eigenvalue weighted by Crippen LogP contribution is -2.48. The number of rotatable bonds is 7. The van der Waals surface area contributed by atoms with Gasteiger partial charge in [-0.3, -0.25) is 9.80 Å². The smallest absolute Gasteiger partial charge is 0.137 e. The molecule has 0 amide bonds. The maximum Gasteiger partial charge on any atom is 0.137 e. The molecule has 4 nitrogen and oxygen atoms in total. The Hall–Kier alpha value is -2.34. The predicted molar refractivity (Wildman–Crippen MR) is 162 cm³/mol. The van der Waals surface area contributed by atoms with Crippen LogP contribution in [0.4, 0.5) is 0 Å². The molecule has 0 aliphatic carbocycles. The highest BCUT2D eigenvalue weighted by molar-refractivity contribution is 5.86. The summed E-state index contributed by atoms with van der Waals surface area (Å²) in [6, 6.07) is 32.6. The molecular weight excluding hydrogens is 523 g/mol. The predicted octanol–water partition coefficient (Wildman–Crippen LogP) is 7.16.